The topological polar surface area (TPSA) is 158 Å². The van der Waals surface area contributed by atoms with Gasteiger partial charge >= 0.3 is 0 Å². The van der Waals surface area contributed by atoms with Gasteiger partial charge in [-0.15, -0.1) is 0 Å². The quantitative estimate of drug-likeness (QED) is 0.205. The summed E-state index contributed by atoms with van der Waals surface area (Å²) in [6.45, 7) is 3.73. The number of rotatable bonds is 11. The molecular weight excluding hydrogens is 470 g/mol. The normalized spacial score (nSPS) is 13.9. The lowest BCUT2D eigenvalue weighted by Crippen LogP contribution is -2.70. The molecule has 0 bridgehead atoms. The SMILES string of the molecule is CC(C)CC(NC(=O)C(Cc1c[nH]c2ccccc12)NC(=O)C([NH3+])Cc1c[nH]c2ccccc12)C(=O)[O-]. The second-order valence-electron chi connectivity index (χ2n) is 9.90. The van der Waals surface area contributed by atoms with Crippen LogP contribution in [0.5, 0.6) is 0 Å². The number of aromatic amines is 2. The van der Waals surface area contributed by atoms with Gasteiger partial charge in [0.2, 0.25) is 5.91 Å². The van der Waals surface area contributed by atoms with E-state index in [1.54, 1.807) is 6.20 Å². The Morgan fingerprint density at radius 2 is 1.32 bits per heavy atom. The van der Waals surface area contributed by atoms with E-state index >= 15 is 0 Å². The van der Waals surface area contributed by atoms with Crippen molar-refractivity contribution in [2.75, 3.05) is 0 Å². The van der Waals surface area contributed by atoms with E-state index in [0.717, 1.165) is 32.9 Å². The van der Waals surface area contributed by atoms with Gasteiger partial charge in [0, 0.05) is 47.0 Å². The summed E-state index contributed by atoms with van der Waals surface area (Å²) in [6.07, 6.45) is 4.45. The van der Waals surface area contributed by atoms with Gasteiger partial charge in [0.15, 0.2) is 6.04 Å². The first-order chi connectivity index (χ1) is 17.7. The lowest BCUT2D eigenvalue weighted by molar-refractivity contribution is -0.403. The molecule has 9 nitrogen and oxygen atoms in total. The summed E-state index contributed by atoms with van der Waals surface area (Å²) >= 11 is 0. The number of benzene rings is 2. The predicted octanol–water partition coefficient (Wildman–Crippen LogP) is 0.811. The number of carboxylic acid groups (broad SMARTS) is 1. The lowest BCUT2D eigenvalue weighted by atomic mass is 10.0. The largest absolute Gasteiger partial charge is 0.548 e. The summed E-state index contributed by atoms with van der Waals surface area (Å²) < 4.78 is 0. The van der Waals surface area contributed by atoms with Crippen molar-refractivity contribution < 1.29 is 25.2 Å². The Morgan fingerprint density at radius 3 is 1.86 bits per heavy atom. The van der Waals surface area contributed by atoms with E-state index in [9.17, 15) is 19.5 Å². The number of hydrogen-bond donors (Lipinski definition) is 5. The van der Waals surface area contributed by atoms with Crippen LogP contribution in [0.3, 0.4) is 0 Å². The molecule has 0 aliphatic heterocycles. The fourth-order valence-corrected chi connectivity index (χ4v) is 4.64. The molecule has 0 spiro atoms. The molecule has 37 heavy (non-hydrogen) atoms. The summed E-state index contributed by atoms with van der Waals surface area (Å²) in [4.78, 5) is 44.6. The third-order valence-electron chi connectivity index (χ3n) is 6.55. The molecule has 0 fully saturated rings. The Morgan fingerprint density at radius 1 is 0.811 bits per heavy atom. The maximum atomic E-state index is 13.3. The molecule has 3 atom stereocenters. The van der Waals surface area contributed by atoms with E-state index < -0.39 is 30.0 Å². The Hall–Kier alpha value is -4.11. The van der Waals surface area contributed by atoms with Crippen LogP contribution in [-0.4, -0.2) is 45.9 Å². The molecule has 2 amide bonds. The smallest absolute Gasteiger partial charge is 0.279 e. The minimum atomic E-state index is -1.35. The minimum absolute atomic E-state index is 0.0326. The van der Waals surface area contributed by atoms with Crippen LogP contribution in [0.1, 0.15) is 31.4 Å². The summed E-state index contributed by atoms with van der Waals surface area (Å²) in [7, 11) is 0. The monoisotopic (exact) mass is 503 g/mol. The number of fused-ring (bicyclic) bond motifs is 2. The predicted molar refractivity (Wildman–Crippen MR) is 139 cm³/mol. The molecule has 0 aliphatic rings. The van der Waals surface area contributed by atoms with Gasteiger partial charge in [-0.3, -0.25) is 9.59 Å². The average molecular weight is 504 g/mol. The molecule has 2 aromatic carbocycles. The molecule has 0 saturated carbocycles. The second-order valence-corrected chi connectivity index (χ2v) is 9.90. The van der Waals surface area contributed by atoms with Crippen LogP contribution in [0, 0.1) is 5.92 Å². The minimum Gasteiger partial charge on any atom is -0.548 e. The molecule has 9 heteroatoms. The van der Waals surface area contributed by atoms with Gasteiger partial charge in [0.25, 0.3) is 5.91 Å². The van der Waals surface area contributed by atoms with E-state index in [4.69, 9.17) is 0 Å². The van der Waals surface area contributed by atoms with Crippen molar-refractivity contribution >= 4 is 39.6 Å². The second kappa shape index (κ2) is 11.3. The molecule has 4 rings (SSSR count). The van der Waals surface area contributed by atoms with Crippen LogP contribution in [0.15, 0.2) is 60.9 Å². The van der Waals surface area contributed by atoms with Crippen LogP contribution < -0.4 is 21.5 Å². The average Bonchev–Trinajstić information content (AvgIpc) is 3.47. The number of quaternary nitrogens is 1. The van der Waals surface area contributed by atoms with Gasteiger partial charge in [0.1, 0.15) is 6.04 Å². The van der Waals surface area contributed by atoms with Crippen LogP contribution in [0.2, 0.25) is 0 Å². The molecular formula is C28H33N5O4. The number of hydrogen-bond acceptors (Lipinski definition) is 4. The van der Waals surface area contributed by atoms with E-state index in [0.29, 0.717) is 6.42 Å². The first-order valence-corrected chi connectivity index (χ1v) is 12.5. The number of H-pyrrole nitrogens is 2. The lowest BCUT2D eigenvalue weighted by Gasteiger charge is -2.25. The Labute approximate surface area is 214 Å². The van der Waals surface area contributed by atoms with Gasteiger partial charge in [-0.1, -0.05) is 50.2 Å². The van der Waals surface area contributed by atoms with E-state index in [1.807, 2.05) is 68.6 Å². The number of nitrogens with one attached hydrogen (secondary N) is 4. The Kier molecular flexibility index (Phi) is 7.93. The molecule has 4 aromatic rings. The number of carboxylic acids is 1. The van der Waals surface area contributed by atoms with Crippen molar-refractivity contribution in [2.24, 2.45) is 5.92 Å². The van der Waals surface area contributed by atoms with E-state index in [2.05, 4.69) is 26.3 Å². The fourth-order valence-electron chi connectivity index (χ4n) is 4.64. The fraction of sp³-hybridized carbons (Fsp3) is 0.321. The van der Waals surface area contributed by atoms with Gasteiger partial charge in [-0.05, 0) is 35.6 Å². The summed E-state index contributed by atoms with van der Waals surface area (Å²) in [5, 5.41) is 19.0. The molecule has 7 N–H and O–H groups in total. The molecule has 2 aromatic heterocycles. The summed E-state index contributed by atoms with van der Waals surface area (Å²) in [6, 6.07) is 12.7. The van der Waals surface area contributed by atoms with Gasteiger partial charge in [-0.2, -0.15) is 0 Å². The molecule has 3 unspecified atom stereocenters. The highest BCUT2D eigenvalue weighted by Gasteiger charge is 2.29. The van der Waals surface area contributed by atoms with Crippen LogP contribution in [-0.2, 0) is 27.2 Å². The maximum Gasteiger partial charge on any atom is 0.279 e. The number of aliphatic carboxylic acids is 1. The number of aromatic nitrogens is 2. The van der Waals surface area contributed by atoms with Crippen LogP contribution >= 0.6 is 0 Å². The van der Waals surface area contributed by atoms with Crippen molar-refractivity contribution in [2.45, 2.75) is 51.2 Å². The Bertz CT molecular complexity index is 1410. The molecule has 0 saturated heterocycles. The van der Waals surface area contributed by atoms with Crippen molar-refractivity contribution in [1.29, 1.82) is 0 Å². The first kappa shape index (κ1) is 26.0. The highest BCUT2D eigenvalue weighted by atomic mass is 16.4. The van der Waals surface area contributed by atoms with Gasteiger partial charge < -0.3 is 36.2 Å². The standard InChI is InChI=1S/C28H33N5O4/c1-16(2)11-25(28(36)37)33-27(35)24(13-18-15-31-23-10-6-4-8-20(18)23)32-26(34)21(29)12-17-14-30-22-9-5-3-7-19(17)22/h3-10,14-16,21,24-25,30-31H,11-13,29H2,1-2H3,(H,32,34)(H,33,35)(H,36,37). The van der Waals surface area contributed by atoms with Gasteiger partial charge in [0.05, 0.1) is 12.0 Å². The highest BCUT2D eigenvalue weighted by molar-refractivity contribution is 5.93. The number of carbonyl (C=O) groups is 3. The summed E-state index contributed by atoms with van der Waals surface area (Å²) in [5.74, 6) is -2.29. The number of para-hydroxylation sites is 2. The zero-order valence-electron chi connectivity index (χ0n) is 21.0. The first-order valence-electron chi connectivity index (χ1n) is 12.5. The third kappa shape index (κ3) is 6.18. The zero-order valence-corrected chi connectivity index (χ0v) is 21.0. The molecule has 194 valence electrons. The number of amides is 2. The van der Waals surface area contributed by atoms with Crippen molar-refractivity contribution in [3.05, 3.63) is 72.1 Å². The van der Waals surface area contributed by atoms with Crippen LogP contribution in [0.25, 0.3) is 21.8 Å². The highest BCUT2D eigenvalue weighted by Crippen LogP contribution is 2.20. The van der Waals surface area contributed by atoms with Crippen LogP contribution in [0.4, 0.5) is 0 Å². The van der Waals surface area contributed by atoms with Crippen molar-refractivity contribution in [3.8, 4) is 0 Å². The molecule has 2 heterocycles. The summed E-state index contributed by atoms with van der Waals surface area (Å²) in [5.41, 5.74) is 7.71. The van der Waals surface area contributed by atoms with Gasteiger partial charge in [-0.25, -0.2) is 0 Å². The third-order valence-corrected chi connectivity index (χ3v) is 6.55. The maximum absolute atomic E-state index is 13.3. The zero-order chi connectivity index (χ0) is 26.5. The molecule has 0 aliphatic carbocycles. The van der Waals surface area contributed by atoms with Crippen molar-refractivity contribution in [1.82, 2.24) is 20.6 Å². The molecule has 0 radical (unpaired) electrons. The number of carbonyl (C=O) groups excluding carboxylic acids is 3. The Balaban J connectivity index is 1.53. The van der Waals surface area contributed by atoms with E-state index in [1.165, 1.54) is 0 Å². The van der Waals surface area contributed by atoms with E-state index in [-0.39, 0.29) is 24.7 Å². The van der Waals surface area contributed by atoms with Crippen molar-refractivity contribution in [3.63, 3.8) is 0 Å².